The largest absolute Gasteiger partial charge is 0.294 e. The monoisotopic (exact) mass is 276 g/mol. The maximum atomic E-state index is 12.1. The highest BCUT2D eigenvalue weighted by atomic mass is 35.5. The molecule has 0 spiro atoms. The summed E-state index contributed by atoms with van der Waals surface area (Å²) in [5, 5.41) is 5.00. The van der Waals surface area contributed by atoms with Gasteiger partial charge >= 0.3 is 0 Å². The Hall–Kier alpha value is -1.61. The Labute approximate surface area is 118 Å². The van der Waals surface area contributed by atoms with E-state index >= 15 is 0 Å². The number of nitrogens with zero attached hydrogens (tertiary/aromatic N) is 2. The summed E-state index contributed by atoms with van der Waals surface area (Å²) in [5.74, 6) is 0.0379. The summed E-state index contributed by atoms with van der Waals surface area (Å²) in [7, 11) is 0. The van der Waals surface area contributed by atoms with Gasteiger partial charge in [0.1, 0.15) is 0 Å². The molecule has 0 unspecified atom stereocenters. The van der Waals surface area contributed by atoms with Gasteiger partial charge in [-0.15, -0.1) is 0 Å². The molecule has 1 aromatic heterocycles. The second-order valence-electron chi connectivity index (χ2n) is 4.94. The molecule has 0 saturated heterocycles. The number of carbonyl (C=O) groups excluding carboxylic acids is 1. The molecule has 2 rings (SSSR count). The smallest absolute Gasteiger partial charge is 0.168 e. The molecule has 100 valence electrons. The number of halogens is 1. The molecule has 0 radical (unpaired) electrons. The third kappa shape index (κ3) is 3.24. The highest BCUT2D eigenvalue weighted by molar-refractivity contribution is 6.31. The van der Waals surface area contributed by atoms with Crippen LogP contribution in [-0.4, -0.2) is 15.6 Å². The van der Waals surface area contributed by atoms with E-state index in [1.165, 1.54) is 0 Å². The first-order valence-electron chi connectivity index (χ1n) is 6.30. The lowest BCUT2D eigenvalue weighted by atomic mass is 10.1. The van der Waals surface area contributed by atoms with Crippen LogP contribution in [0.25, 0.3) is 0 Å². The van der Waals surface area contributed by atoms with Crippen molar-refractivity contribution in [1.29, 1.82) is 0 Å². The highest BCUT2D eigenvalue weighted by Gasteiger charge is 2.11. The summed E-state index contributed by atoms with van der Waals surface area (Å²) in [6.45, 7) is 6.03. The van der Waals surface area contributed by atoms with Crippen LogP contribution < -0.4 is 0 Å². The Kier molecular flexibility index (Phi) is 4.05. The molecule has 0 fully saturated rings. The third-order valence-electron chi connectivity index (χ3n) is 3.03. The van der Waals surface area contributed by atoms with Crippen molar-refractivity contribution >= 4 is 17.4 Å². The molecule has 0 bridgehead atoms. The molecule has 0 saturated carbocycles. The number of rotatable bonds is 4. The summed E-state index contributed by atoms with van der Waals surface area (Å²) >= 11 is 6.03. The van der Waals surface area contributed by atoms with Gasteiger partial charge in [-0.2, -0.15) is 5.10 Å². The summed E-state index contributed by atoms with van der Waals surface area (Å²) in [5.41, 5.74) is 2.40. The predicted molar refractivity (Wildman–Crippen MR) is 76.8 cm³/mol. The van der Waals surface area contributed by atoms with Crippen LogP contribution in [0.5, 0.6) is 0 Å². The first-order chi connectivity index (χ1) is 8.97. The van der Waals surface area contributed by atoms with Crippen LogP contribution in [0.4, 0.5) is 0 Å². The van der Waals surface area contributed by atoms with Gasteiger partial charge in [-0.3, -0.25) is 9.48 Å². The van der Waals surface area contributed by atoms with Gasteiger partial charge in [0, 0.05) is 22.8 Å². The molecule has 2 aromatic rings. The van der Waals surface area contributed by atoms with E-state index in [-0.39, 0.29) is 5.78 Å². The molecule has 3 nitrogen and oxygen atoms in total. The first kappa shape index (κ1) is 13.8. The van der Waals surface area contributed by atoms with Crippen molar-refractivity contribution in [3.05, 3.63) is 52.3 Å². The third-order valence-corrected chi connectivity index (χ3v) is 3.44. The van der Waals surface area contributed by atoms with E-state index in [0.29, 0.717) is 23.0 Å². The fraction of sp³-hybridized carbons (Fsp3) is 0.333. The second-order valence-corrected chi connectivity index (χ2v) is 5.35. The number of carbonyl (C=O) groups is 1. The fourth-order valence-corrected chi connectivity index (χ4v) is 1.97. The number of aromatic nitrogens is 2. The van der Waals surface area contributed by atoms with Crippen LogP contribution >= 0.6 is 11.6 Å². The lowest BCUT2D eigenvalue weighted by Crippen LogP contribution is -2.06. The predicted octanol–water partition coefficient (Wildman–Crippen LogP) is 3.85. The standard InChI is InChI=1S/C15H17ClN2O/c1-10(2)18-7-6-13(17-18)9-15(19)12-5-4-11(3)14(16)8-12/h4-8,10H,9H2,1-3H3. The topological polar surface area (TPSA) is 34.9 Å². The van der Waals surface area contributed by atoms with E-state index in [2.05, 4.69) is 18.9 Å². The van der Waals surface area contributed by atoms with Crippen molar-refractivity contribution in [1.82, 2.24) is 9.78 Å². The molecule has 0 atom stereocenters. The zero-order valence-electron chi connectivity index (χ0n) is 11.4. The lowest BCUT2D eigenvalue weighted by Gasteiger charge is -2.04. The Morgan fingerprint density at radius 3 is 2.68 bits per heavy atom. The van der Waals surface area contributed by atoms with Gasteiger partial charge in [0.2, 0.25) is 0 Å². The number of aryl methyl sites for hydroxylation is 1. The molecule has 0 N–H and O–H groups in total. The van der Waals surface area contributed by atoms with Crippen LogP contribution in [0.1, 0.15) is 41.5 Å². The van der Waals surface area contributed by atoms with Crippen LogP contribution in [-0.2, 0) is 6.42 Å². The molecule has 1 heterocycles. The van der Waals surface area contributed by atoms with E-state index in [1.54, 1.807) is 6.07 Å². The van der Waals surface area contributed by atoms with Gasteiger partial charge in [-0.25, -0.2) is 0 Å². The Morgan fingerprint density at radius 2 is 2.11 bits per heavy atom. The van der Waals surface area contributed by atoms with Crippen LogP contribution in [0.2, 0.25) is 5.02 Å². The number of ketones is 1. The maximum absolute atomic E-state index is 12.1. The van der Waals surface area contributed by atoms with Gasteiger partial charge in [0.25, 0.3) is 0 Å². The SMILES string of the molecule is Cc1ccc(C(=O)Cc2ccn(C(C)C)n2)cc1Cl. The van der Waals surface area contributed by atoms with E-state index < -0.39 is 0 Å². The Balaban J connectivity index is 2.13. The average Bonchev–Trinajstić information content (AvgIpc) is 2.81. The molecule has 4 heteroatoms. The highest BCUT2D eigenvalue weighted by Crippen LogP contribution is 2.18. The lowest BCUT2D eigenvalue weighted by molar-refractivity contribution is 0.0991. The van der Waals surface area contributed by atoms with Gasteiger partial charge in [0.15, 0.2) is 5.78 Å². The van der Waals surface area contributed by atoms with Gasteiger partial charge < -0.3 is 0 Å². The van der Waals surface area contributed by atoms with E-state index in [0.717, 1.165) is 11.3 Å². The molecular formula is C15H17ClN2O. The van der Waals surface area contributed by atoms with Crippen molar-refractivity contribution in [2.75, 3.05) is 0 Å². The minimum absolute atomic E-state index is 0.0379. The molecule has 0 amide bonds. The van der Waals surface area contributed by atoms with Crippen molar-refractivity contribution in [3.63, 3.8) is 0 Å². The first-order valence-corrected chi connectivity index (χ1v) is 6.68. The van der Waals surface area contributed by atoms with Crippen molar-refractivity contribution < 1.29 is 4.79 Å². The van der Waals surface area contributed by atoms with Gasteiger partial charge in [0.05, 0.1) is 12.1 Å². The normalized spacial score (nSPS) is 11.0. The summed E-state index contributed by atoms with van der Waals surface area (Å²) in [4.78, 5) is 12.1. The zero-order chi connectivity index (χ0) is 14.0. The van der Waals surface area contributed by atoms with Gasteiger partial charge in [-0.1, -0.05) is 23.7 Å². The minimum Gasteiger partial charge on any atom is -0.294 e. The molecule has 0 aliphatic heterocycles. The van der Waals surface area contributed by atoms with E-state index in [4.69, 9.17) is 11.6 Å². The van der Waals surface area contributed by atoms with Crippen LogP contribution in [0, 0.1) is 6.92 Å². The average molecular weight is 277 g/mol. The number of hydrogen-bond donors (Lipinski definition) is 0. The number of benzene rings is 1. The summed E-state index contributed by atoms with van der Waals surface area (Å²) in [6, 6.07) is 7.58. The van der Waals surface area contributed by atoms with Crippen molar-refractivity contribution in [3.8, 4) is 0 Å². The maximum Gasteiger partial charge on any atom is 0.168 e. The molecule has 0 aliphatic rings. The van der Waals surface area contributed by atoms with Crippen molar-refractivity contribution in [2.24, 2.45) is 0 Å². The summed E-state index contributed by atoms with van der Waals surface area (Å²) < 4.78 is 1.85. The molecular weight excluding hydrogens is 260 g/mol. The quantitative estimate of drug-likeness (QED) is 0.795. The number of hydrogen-bond acceptors (Lipinski definition) is 2. The number of Topliss-reactive ketones (excluding diaryl/α,β-unsaturated/α-hetero) is 1. The molecule has 19 heavy (non-hydrogen) atoms. The summed E-state index contributed by atoms with van der Waals surface area (Å²) in [6.07, 6.45) is 2.20. The molecule has 0 aliphatic carbocycles. The minimum atomic E-state index is 0.0379. The zero-order valence-corrected chi connectivity index (χ0v) is 12.1. The van der Waals surface area contributed by atoms with Gasteiger partial charge in [-0.05, 0) is 38.5 Å². The fourth-order valence-electron chi connectivity index (χ4n) is 1.79. The Morgan fingerprint density at radius 1 is 1.37 bits per heavy atom. The van der Waals surface area contributed by atoms with E-state index in [9.17, 15) is 4.79 Å². The molecule has 1 aromatic carbocycles. The Bertz CT molecular complexity index is 602. The van der Waals surface area contributed by atoms with Crippen LogP contribution in [0.3, 0.4) is 0 Å². The van der Waals surface area contributed by atoms with Crippen molar-refractivity contribution in [2.45, 2.75) is 33.2 Å². The van der Waals surface area contributed by atoms with E-state index in [1.807, 2.05) is 36.0 Å². The second kappa shape index (κ2) is 5.57. The van der Waals surface area contributed by atoms with Crippen LogP contribution in [0.15, 0.2) is 30.5 Å².